The van der Waals surface area contributed by atoms with Crippen LogP contribution in [0.25, 0.3) is 0 Å². The quantitative estimate of drug-likeness (QED) is 0.825. The van der Waals surface area contributed by atoms with Crippen molar-refractivity contribution in [1.82, 2.24) is 20.2 Å². The average molecular weight is 289 g/mol. The Hall–Kier alpha value is -1.69. The number of nitrogens with one attached hydrogen (secondary N) is 2. The molecule has 2 N–H and O–H groups in total. The van der Waals surface area contributed by atoms with Crippen molar-refractivity contribution in [3.05, 3.63) is 18.1 Å². The summed E-state index contributed by atoms with van der Waals surface area (Å²) in [5.74, 6) is 0.542. The van der Waals surface area contributed by atoms with Crippen LogP contribution in [0.4, 0.5) is 5.82 Å². The Morgan fingerprint density at radius 1 is 1.38 bits per heavy atom. The van der Waals surface area contributed by atoms with Crippen molar-refractivity contribution in [2.45, 2.75) is 44.7 Å². The molecule has 2 heterocycles. The number of anilines is 1. The van der Waals surface area contributed by atoms with E-state index in [0.717, 1.165) is 38.5 Å². The van der Waals surface area contributed by atoms with Gasteiger partial charge in [0.1, 0.15) is 11.5 Å². The van der Waals surface area contributed by atoms with Crippen LogP contribution in [0.2, 0.25) is 0 Å². The number of nitrogens with zero attached hydrogens (tertiary/aromatic N) is 3. The lowest BCUT2D eigenvalue weighted by Crippen LogP contribution is -2.38. The Labute approximate surface area is 125 Å². The van der Waals surface area contributed by atoms with Crippen LogP contribution in [-0.2, 0) is 0 Å². The van der Waals surface area contributed by atoms with Gasteiger partial charge in [-0.3, -0.25) is 14.7 Å². The lowest BCUT2D eigenvalue weighted by Gasteiger charge is -2.15. The predicted octanol–water partition coefficient (Wildman–Crippen LogP) is 1.26. The van der Waals surface area contributed by atoms with Crippen molar-refractivity contribution in [2.24, 2.45) is 0 Å². The number of hydrogen-bond acceptors (Lipinski definition) is 5. The van der Waals surface area contributed by atoms with Gasteiger partial charge in [-0.1, -0.05) is 6.92 Å². The van der Waals surface area contributed by atoms with Gasteiger partial charge in [0, 0.05) is 31.7 Å². The van der Waals surface area contributed by atoms with E-state index in [0.29, 0.717) is 11.5 Å². The monoisotopic (exact) mass is 289 g/mol. The van der Waals surface area contributed by atoms with Gasteiger partial charge in [-0.15, -0.1) is 0 Å². The minimum absolute atomic E-state index is 0.120. The van der Waals surface area contributed by atoms with Crippen LogP contribution >= 0.6 is 0 Å². The molecule has 114 valence electrons. The lowest BCUT2D eigenvalue weighted by molar-refractivity contribution is 0.0932. The molecule has 1 aromatic rings. The molecule has 2 fully saturated rings. The van der Waals surface area contributed by atoms with Gasteiger partial charge in [0.2, 0.25) is 0 Å². The number of amides is 1. The molecule has 21 heavy (non-hydrogen) atoms. The van der Waals surface area contributed by atoms with E-state index in [-0.39, 0.29) is 11.9 Å². The maximum Gasteiger partial charge on any atom is 0.271 e. The third kappa shape index (κ3) is 3.69. The van der Waals surface area contributed by atoms with E-state index in [1.165, 1.54) is 19.0 Å². The highest BCUT2D eigenvalue weighted by atomic mass is 16.2. The van der Waals surface area contributed by atoms with Gasteiger partial charge in [-0.05, 0) is 25.7 Å². The molecule has 1 amide bonds. The normalized spacial score (nSPS) is 22.2. The zero-order valence-corrected chi connectivity index (χ0v) is 12.5. The molecule has 1 saturated carbocycles. The van der Waals surface area contributed by atoms with E-state index in [2.05, 4.69) is 32.4 Å². The van der Waals surface area contributed by atoms with Crippen molar-refractivity contribution in [3.8, 4) is 0 Å². The summed E-state index contributed by atoms with van der Waals surface area (Å²) in [6.07, 6.45) is 7.85. The van der Waals surface area contributed by atoms with Crippen LogP contribution in [0.15, 0.2) is 12.4 Å². The molecule has 1 unspecified atom stereocenters. The summed E-state index contributed by atoms with van der Waals surface area (Å²) in [5.41, 5.74) is 0.390. The van der Waals surface area contributed by atoms with Crippen molar-refractivity contribution < 1.29 is 4.79 Å². The minimum Gasteiger partial charge on any atom is -0.369 e. The first-order valence-electron chi connectivity index (χ1n) is 7.87. The second-order valence-corrected chi connectivity index (χ2v) is 5.90. The Balaban J connectivity index is 1.55. The van der Waals surface area contributed by atoms with Gasteiger partial charge >= 0.3 is 0 Å². The third-order valence-corrected chi connectivity index (χ3v) is 4.04. The van der Waals surface area contributed by atoms with E-state index in [1.807, 2.05) is 0 Å². The highest BCUT2D eigenvalue weighted by Gasteiger charge is 2.34. The first kappa shape index (κ1) is 14.3. The molecule has 0 radical (unpaired) electrons. The van der Waals surface area contributed by atoms with E-state index in [4.69, 9.17) is 0 Å². The highest BCUT2D eigenvalue weighted by molar-refractivity contribution is 5.92. The summed E-state index contributed by atoms with van der Waals surface area (Å²) in [6, 6.07) is 1.01. The largest absolute Gasteiger partial charge is 0.369 e. The zero-order valence-electron chi connectivity index (χ0n) is 12.5. The van der Waals surface area contributed by atoms with Gasteiger partial charge in [0.15, 0.2) is 0 Å². The van der Waals surface area contributed by atoms with E-state index in [9.17, 15) is 4.79 Å². The molecule has 1 atom stereocenters. The fraction of sp³-hybridized carbons (Fsp3) is 0.667. The molecule has 6 nitrogen and oxygen atoms in total. The minimum atomic E-state index is -0.120. The molecule has 2 aliphatic rings. The third-order valence-electron chi connectivity index (χ3n) is 4.04. The number of carbonyl (C=O) groups is 1. The number of carbonyl (C=O) groups excluding carboxylic acids is 1. The van der Waals surface area contributed by atoms with Crippen molar-refractivity contribution >= 4 is 11.7 Å². The molecule has 6 heteroatoms. The topological polar surface area (TPSA) is 70.2 Å². The molecule has 1 saturated heterocycles. The Bertz CT molecular complexity index is 503. The van der Waals surface area contributed by atoms with Gasteiger partial charge < -0.3 is 10.6 Å². The second-order valence-electron chi connectivity index (χ2n) is 5.90. The molecule has 0 aromatic carbocycles. The standard InChI is InChI=1S/C15H23N5O/c1-2-6-17-14-9-16-8-13(19-14)15(21)18-11-5-7-20(10-11)12-3-4-12/h8-9,11-12H,2-7,10H2,1H3,(H,17,19)(H,18,21). The number of aromatic nitrogens is 2. The molecular formula is C15H23N5O. The van der Waals surface area contributed by atoms with Crippen molar-refractivity contribution in [3.63, 3.8) is 0 Å². The average Bonchev–Trinajstić information content (AvgIpc) is 3.26. The first-order valence-corrected chi connectivity index (χ1v) is 7.87. The molecule has 1 aliphatic carbocycles. The summed E-state index contributed by atoms with van der Waals surface area (Å²) < 4.78 is 0. The van der Waals surface area contributed by atoms with Crippen LogP contribution in [0.3, 0.4) is 0 Å². The van der Waals surface area contributed by atoms with Crippen LogP contribution in [0.1, 0.15) is 43.1 Å². The van der Waals surface area contributed by atoms with E-state index >= 15 is 0 Å². The first-order chi connectivity index (χ1) is 10.3. The predicted molar refractivity (Wildman–Crippen MR) is 81.3 cm³/mol. The van der Waals surface area contributed by atoms with Crippen molar-refractivity contribution in [2.75, 3.05) is 25.0 Å². The molecule has 3 rings (SSSR count). The Kier molecular flexibility index (Phi) is 4.34. The van der Waals surface area contributed by atoms with Gasteiger partial charge in [0.25, 0.3) is 5.91 Å². The fourth-order valence-corrected chi connectivity index (χ4v) is 2.75. The SMILES string of the molecule is CCCNc1cncc(C(=O)NC2CCN(C3CC3)C2)n1. The summed E-state index contributed by atoms with van der Waals surface area (Å²) >= 11 is 0. The maximum atomic E-state index is 12.3. The smallest absolute Gasteiger partial charge is 0.271 e. The van der Waals surface area contributed by atoms with Crippen LogP contribution < -0.4 is 10.6 Å². The summed E-state index contributed by atoms with van der Waals surface area (Å²) in [4.78, 5) is 23.2. The Morgan fingerprint density at radius 3 is 3.00 bits per heavy atom. The van der Waals surface area contributed by atoms with Crippen molar-refractivity contribution in [1.29, 1.82) is 0 Å². The maximum absolute atomic E-state index is 12.3. The van der Waals surface area contributed by atoms with Gasteiger partial charge in [-0.2, -0.15) is 0 Å². The van der Waals surface area contributed by atoms with E-state index in [1.54, 1.807) is 6.20 Å². The number of likely N-dealkylation sites (tertiary alicyclic amines) is 1. The molecule has 0 bridgehead atoms. The summed E-state index contributed by atoms with van der Waals surface area (Å²) in [5, 5.41) is 6.23. The van der Waals surface area contributed by atoms with Gasteiger partial charge in [-0.25, -0.2) is 4.98 Å². The zero-order chi connectivity index (χ0) is 14.7. The van der Waals surface area contributed by atoms with Crippen LogP contribution in [0, 0.1) is 0 Å². The molecule has 1 aliphatic heterocycles. The summed E-state index contributed by atoms with van der Waals surface area (Å²) in [6.45, 7) is 4.98. The molecule has 1 aromatic heterocycles. The molecule has 0 spiro atoms. The van der Waals surface area contributed by atoms with Crippen LogP contribution in [0.5, 0.6) is 0 Å². The number of rotatable bonds is 6. The second kappa shape index (κ2) is 6.39. The highest BCUT2D eigenvalue weighted by Crippen LogP contribution is 2.29. The van der Waals surface area contributed by atoms with Gasteiger partial charge in [0.05, 0.1) is 12.4 Å². The van der Waals surface area contributed by atoms with E-state index < -0.39 is 0 Å². The number of hydrogen-bond donors (Lipinski definition) is 2. The summed E-state index contributed by atoms with van der Waals surface area (Å²) in [7, 11) is 0. The van der Waals surface area contributed by atoms with Crippen LogP contribution in [-0.4, -0.2) is 52.5 Å². The Morgan fingerprint density at radius 2 is 2.24 bits per heavy atom. The lowest BCUT2D eigenvalue weighted by atomic mass is 10.2. The molecular weight excluding hydrogens is 266 g/mol. The fourth-order valence-electron chi connectivity index (χ4n) is 2.75.